The molecule has 23 heavy (non-hydrogen) atoms. The predicted molar refractivity (Wildman–Crippen MR) is 88.7 cm³/mol. The molecule has 116 valence electrons. The summed E-state index contributed by atoms with van der Waals surface area (Å²) in [6.45, 7) is 3.63. The first-order valence-electron chi connectivity index (χ1n) is 7.00. The maximum absolute atomic E-state index is 12.5. The first-order valence-corrected chi connectivity index (χ1v) is 7.00. The van der Waals surface area contributed by atoms with Gasteiger partial charge in [-0.3, -0.25) is 10.2 Å². The minimum atomic E-state index is -0.341. The van der Waals surface area contributed by atoms with Crippen molar-refractivity contribution in [2.24, 2.45) is 10.2 Å². The van der Waals surface area contributed by atoms with Crippen LogP contribution in [0.3, 0.4) is 0 Å². The van der Waals surface area contributed by atoms with Crippen molar-refractivity contribution in [1.82, 2.24) is 4.98 Å². The van der Waals surface area contributed by atoms with Gasteiger partial charge in [0.1, 0.15) is 5.75 Å². The van der Waals surface area contributed by atoms with Gasteiger partial charge in [0.2, 0.25) is 0 Å². The van der Waals surface area contributed by atoms with E-state index in [1.807, 2.05) is 13.0 Å². The number of carbonyl (C=O) groups is 1. The van der Waals surface area contributed by atoms with Crippen LogP contribution in [0.15, 0.2) is 52.8 Å². The topological polar surface area (TPSA) is 90.2 Å². The first-order chi connectivity index (χ1) is 11.0. The first kappa shape index (κ1) is 14.7. The molecule has 7 heteroatoms. The molecular weight excluding hydrogens is 294 g/mol. The van der Waals surface area contributed by atoms with E-state index < -0.39 is 0 Å². The molecule has 0 radical (unpaired) electrons. The standard InChI is InChI=1S/C16H15N5O2/c1-10-7-8-17-14(9-10)21-16(23)15(11(2)20-21)19-18-12-3-5-13(22)6-4-12/h3-9,18,22H,1-2H3/b19-15-. The van der Waals surface area contributed by atoms with Crippen LogP contribution in [0.2, 0.25) is 0 Å². The number of hydrogen-bond acceptors (Lipinski definition) is 6. The molecule has 0 fully saturated rings. The van der Waals surface area contributed by atoms with Crippen molar-refractivity contribution in [1.29, 1.82) is 0 Å². The molecule has 2 aromatic rings. The average molecular weight is 309 g/mol. The van der Waals surface area contributed by atoms with E-state index in [0.717, 1.165) is 5.56 Å². The van der Waals surface area contributed by atoms with Crippen LogP contribution < -0.4 is 10.4 Å². The molecule has 1 amide bonds. The monoisotopic (exact) mass is 309 g/mol. The highest BCUT2D eigenvalue weighted by molar-refractivity contribution is 6.71. The van der Waals surface area contributed by atoms with Gasteiger partial charge in [-0.25, -0.2) is 4.98 Å². The Morgan fingerprint density at radius 3 is 2.61 bits per heavy atom. The number of hydrazone groups is 2. The van der Waals surface area contributed by atoms with Crippen LogP contribution >= 0.6 is 0 Å². The summed E-state index contributed by atoms with van der Waals surface area (Å²) in [4.78, 5) is 16.6. The Kier molecular flexibility index (Phi) is 3.76. The molecule has 1 aliphatic rings. The number of nitrogens with one attached hydrogen (secondary N) is 1. The third-order valence-corrected chi connectivity index (χ3v) is 3.27. The molecule has 0 saturated carbocycles. The highest BCUT2D eigenvalue weighted by Gasteiger charge is 2.31. The molecule has 0 spiro atoms. The van der Waals surface area contributed by atoms with Gasteiger partial charge in [-0.05, 0) is 55.8 Å². The highest BCUT2D eigenvalue weighted by atomic mass is 16.3. The van der Waals surface area contributed by atoms with Crippen molar-refractivity contribution >= 4 is 28.8 Å². The summed E-state index contributed by atoms with van der Waals surface area (Å²) in [5.41, 5.74) is 5.16. The van der Waals surface area contributed by atoms with Crippen molar-refractivity contribution < 1.29 is 9.90 Å². The summed E-state index contributed by atoms with van der Waals surface area (Å²) in [6.07, 6.45) is 1.63. The molecule has 7 nitrogen and oxygen atoms in total. The lowest BCUT2D eigenvalue weighted by Gasteiger charge is -2.10. The normalized spacial score (nSPS) is 15.9. The van der Waals surface area contributed by atoms with Crippen molar-refractivity contribution in [2.75, 3.05) is 10.4 Å². The molecular formula is C16H15N5O2. The Morgan fingerprint density at radius 2 is 1.91 bits per heavy atom. The summed E-state index contributed by atoms with van der Waals surface area (Å²) in [6, 6.07) is 10.0. The zero-order valence-corrected chi connectivity index (χ0v) is 12.7. The number of aryl methyl sites for hydroxylation is 1. The molecule has 0 saturated heterocycles. The van der Waals surface area contributed by atoms with Gasteiger partial charge in [0.05, 0.1) is 11.4 Å². The maximum Gasteiger partial charge on any atom is 0.302 e. The number of nitrogens with zero attached hydrogens (tertiary/aromatic N) is 4. The zero-order chi connectivity index (χ0) is 16.4. The van der Waals surface area contributed by atoms with E-state index in [1.54, 1.807) is 31.3 Å². The van der Waals surface area contributed by atoms with Crippen LogP contribution in [0, 0.1) is 6.92 Å². The number of benzene rings is 1. The molecule has 0 bridgehead atoms. The third kappa shape index (κ3) is 3.03. The number of hydrogen-bond donors (Lipinski definition) is 2. The van der Waals surface area contributed by atoms with Gasteiger partial charge in [-0.1, -0.05) is 0 Å². The molecule has 2 heterocycles. The van der Waals surface area contributed by atoms with Gasteiger partial charge in [0.25, 0.3) is 0 Å². The molecule has 3 rings (SSSR count). The second-order valence-corrected chi connectivity index (χ2v) is 5.11. The number of anilines is 2. The number of phenolic OH excluding ortho intramolecular Hbond substituents is 1. The van der Waals surface area contributed by atoms with Gasteiger partial charge in [-0.2, -0.15) is 15.2 Å². The van der Waals surface area contributed by atoms with E-state index in [-0.39, 0.29) is 17.4 Å². The van der Waals surface area contributed by atoms with Crippen LogP contribution in [0.4, 0.5) is 11.5 Å². The number of amides is 1. The Hall–Kier alpha value is -3.22. The fraction of sp³-hybridized carbons (Fsp3) is 0.125. The van der Waals surface area contributed by atoms with Crippen LogP contribution in [0.1, 0.15) is 12.5 Å². The van der Waals surface area contributed by atoms with Gasteiger partial charge >= 0.3 is 5.91 Å². The summed E-state index contributed by atoms with van der Waals surface area (Å²) >= 11 is 0. The molecule has 2 N–H and O–H groups in total. The fourth-order valence-corrected chi connectivity index (χ4v) is 2.07. The smallest absolute Gasteiger partial charge is 0.302 e. The number of pyridine rings is 1. The van der Waals surface area contributed by atoms with E-state index in [1.165, 1.54) is 17.1 Å². The number of phenols is 1. The number of carbonyl (C=O) groups excluding carboxylic acids is 1. The molecule has 1 aliphatic heterocycles. The van der Waals surface area contributed by atoms with Crippen molar-refractivity contribution in [3.05, 3.63) is 48.2 Å². The van der Waals surface area contributed by atoms with E-state index >= 15 is 0 Å². The van der Waals surface area contributed by atoms with Gasteiger partial charge in [0.15, 0.2) is 11.5 Å². The van der Waals surface area contributed by atoms with E-state index in [2.05, 4.69) is 20.6 Å². The minimum Gasteiger partial charge on any atom is -0.508 e. The summed E-state index contributed by atoms with van der Waals surface area (Å²) in [5, 5.41) is 18.8. The molecule has 1 aromatic heterocycles. The zero-order valence-electron chi connectivity index (χ0n) is 12.7. The van der Waals surface area contributed by atoms with Gasteiger partial charge in [-0.15, -0.1) is 0 Å². The Balaban J connectivity index is 1.82. The van der Waals surface area contributed by atoms with Crippen LogP contribution in [0.25, 0.3) is 0 Å². The Morgan fingerprint density at radius 1 is 1.17 bits per heavy atom. The number of aromatic nitrogens is 1. The Bertz CT molecular complexity index is 811. The highest BCUT2D eigenvalue weighted by Crippen LogP contribution is 2.19. The number of rotatable bonds is 3. The SMILES string of the molecule is CC1=NN(c2cc(C)ccn2)C(=O)/C1=N\Nc1ccc(O)cc1. The second-order valence-electron chi connectivity index (χ2n) is 5.11. The third-order valence-electron chi connectivity index (χ3n) is 3.27. The van der Waals surface area contributed by atoms with E-state index in [0.29, 0.717) is 17.2 Å². The quantitative estimate of drug-likeness (QED) is 0.672. The molecule has 0 unspecified atom stereocenters. The number of aromatic hydroxyl groups is 1. The van der Waals surface area contributed by atoms with Crippen LogP contribution in [-0.4, -0.2) is 27.4 Å². The van der Waals surface area contributed by atoms with Crippen molar-refractivity contribution in [3.8, 4) is 5.75 Å². The lowest BCUT2D eigenvalue weighted by molar-refractivity contribution is -0.112. The predicted octanol–water partition coefficient (Wildman–Crippen LogP) is 2.29. The van der Waals surface area contributed by atoms with Crippen molar-refractivity contribution in [2.45, 2.75) is 13.8 Å². The lowest BCUT2D eigenvalue weighted by atomic mass is 10.2. The summed E-state index contributed by atoms with van der Waals surface area (Å²) in [7, 11) is 0. The molecule has 0 aliphatic carbocycles. The Labute approximate surface area is 133 Å². The largest absolute Gasteiger partial charge is 0.508 e. The summed E-state index contributed by atoms with van der Waals surface area (Å²) < 4.78 is 0. The minimum absolute atomic E-state index is 0.162. The second kappa shape index (κ2) is 5.88. The van der Waals surface area contributed by atoms with E-state index in [4.69, 9.17) is 0 Å². The average Bonchev–Trinajstić information content (AvgIpc) is 2.82. The van der Waals surface area contributed by atoms with Crippen LogP contribution in [-0.2, 0) is 4.79 Å². The lowest BCUT2D eigenvalue weighted by Crippen LogP contribution is -2.28. The van der Waals surface area contributed by atoms with Gasteiger partial charge < -0.3 is 5.11 Å². The maximum atomic E-state index is 12.5. The molecule has 0 atom stereocenters. The summed E-state index contributed by atoms with van der Waals surface area (Å²) in [5.74, 6) is 0.283. The van der Waals surface area contributed by atoms with Crippen LogP contribution in [0.5, 0.6) is 5.75 Å². The van der Waals surface area contributed by atoms with Gasteiger partial charge in [0, 0.05) is 6.20 Å². The van der Waals surface area contributed by atoms with Crippen molar-refractivity contribution in [3.63, 3.8) is 0 Å². The van der Waals surface area contributed by atoms with E-state index in [9.17, 15) is 9.90 Å². The fourth-order valence-electron chi connectivity index (χ4n) is 2.07. The molecule has 1 aromatic carbocycles.